The van der Waals surface area contributed by atoms with Crippen molar-refractivity contribution in [1.29, 1.82) is 0 Å². The molecule has 7 nitrogen and oxygen atoms in total. The lowest BCUT2D eigenvalue weighted by atomic mass is 10.1. The quantitative estimate of drug-likeness (QED) is 0.624. The molecule has 1 aliphatic rings. The van der Waals surface area contributed by atoms with Crippen molar-refractivity contribution in [3.8, 4) is 0 Å². The largest absolute Gasteiger partial charge is 0.417 e. The van der Waals surface area contributed by atoms with Crippen molar-refractivity contribution in [3.63, 3.8) is 0 Å². The van der Waals surface area contributed by atoms with E-state index in [2.05, 4.69) is 5.32 Å². The Morgan fingerprint density at radius 1 is 1.13 bits per heavy atom. The van der Waals surface area contributed by atoms with Gasteiger partial charge in [0.05, 0.1) is 33.6 Å². The summed E-state index contributed by atoms with van der Waals surface area (Å²) in [5.41, 5.74) is -0.567. The number of carbonyl (C=O) groups is 2. The molecule has 31 heavy (non-hydrogen) atoms. The van der Waals surface area contributed by atoms with E-state index in [0.717, 1.165) is 11.6 Å². The predicted octanol–water partition coefficient (Wildman–Crippen LogP) is 2.47. The third-order valence-corrected chi connectivity index (χ3v) is 5.98. The van der Waals surface area contributed by atoms with Crippen LogP contribution in [0, 0.1) is 0 Å². The van der Waals surface area contributed by atoms with E-state index in [0.29, 0.717) is 17.4 Å². The van der Waals surface area contributed by atoms with E-state index in [9.17, 15) is 31.2 Å². The SMILES string of the molecule is NS(=O)(=O)c1ccc(CCN[C@H]2CC(=O)N(c3ccc(Cl)c(C(F)(F)F)c3)C2=O)cc1. The molecule has 0 unspecified atom stereocenters. The van der Waals surface area contributed by atoms with Crippen LogP contribution >= 0.6 is 11.6 Å². The van der Waals surface area contributed by atoms with Crippen molar-refractivity contribution in [1.82, 2.24) is 5.32 Å². The zero-order chi connectivity index (χ0) is 23.0. The third-order valence-electron chi connectivity index (χ3n) is 4.72. The first kappa shape index (κ1) is 23.2. The molecule has 0 bridgehead atoms. The molecule has 0 aromatic heterocycles. The lowest BCUT2D eigenvalue weighted by Crippen LogP contribution is -2.39. The average molecular weight is 476 g/mol. The fourth-order valence-corrected chi connectivity index (χ4v) is 3.91. The minimum absolute atomic E-state index is 0.0300. The average Bonchev–Trinajstić information content (AvgIpc) is 2.95. The first-order chi connectivity index (χ1) is 14.4. The highest BCUT2D eigenvalue weighted by Gasteiger charge is 2.41. The number of rotatable bonds is 6. The second-order valence-electron chi connectivity index (χ2n) is 6.88. The fourth-order valence-electron chi connectivity index (χ4n) is 3.17. The minimum atomic E-state index is -4.73. The number of anilines is 1. The Bertz CT molecular complexity index is 1120. The van der Waals surface area contributed by atoms with Gasteiger partial charge in [-0.05, 0) is 48.9 Å². The second-order valence-corrected chi connectivity index (χ2v) is 8.85. The standard InChI is InChI=1S/C19H17ClF3N3O4S/c20-15-6-3-12(9-14(15)19(21,22)23)26-17(27)10-16(18(26)28)25-8-7-11-1-4-13(5-2-11)31(24,29)30/h1-6,9,16,25H,7-8,10H2,(H2,24,29,30)/t16-/m0/s1. The summed E-state index contributed by atoms with van der Waals surface area (Å²) >= 11 is 5.59. The minimum Gasteiger partial charge on any atom is -0.305 e. The number of nitrogens with one attached hydrogen (secondary N) is 1. The predicted molar refractivity (Wildman–Crippen MR) is 107 cm³/mol. The number of alkyl halides is 3. The topological polar surface area (TPSA) is 110 Å². The Kier molecular flexibility index (Phi) is 6.42. The summed E-state index contributed by atoms with van der Waals surface area (Å²) in [6.07, 6.45) is -4.51. The molecule has 1 saturated heterocycles. The zero-order valence-electron chi connectivity index (χ0n) is 15.8. The molecule has 3 N–H and O–H groups in total. The molecule has 0 spiro atoms. The molecule has 2 aromatic rings. The number of halogens is 4. The molecule has 0 aliphatic carbocycles. The smallest absolute Gasteiger partial charge is 0.305 e. The van der Waals surface area contributed by atoms with Gasteiger partial charge in [0, 0.05) is 0 Å². The van der Waals surface area contributed by atoms with Crippen molar-refractivity contribution in [2.24, 2.45) is 5.14 Å². The first-order valence-electron chi connectivity index (χ1n) is 8.96. The summed E-state index contributed by atoms with van der Waals surface area (Å²) in [7, 11) is -3.80. The van der Waals surface area contributed by atoms with Crippen LogP contribution < -0.4 is 15.4 Å². The normalized spacial score (nSPS) is 17.5. The van der Waals surface area contributed by atoms with Gasteiger partial charge in [-0.2, -0.15) is 13.2 Å². The number of imide groups is 1. The summed E-state index contributed by atoms with van der Waals surface area (Å²) in [4.78, 5) is 25.6. The number of amides is 2. The molecule has 1 aliphatic heterocycles. The van der Waals surface area contributed by atoms with E-state index >= 15 is 0 Å². The van der Waals surface area contributed by atoms with Crippen LogP contribution in [0.5, 0.6) is 0 Å². The highest BCUT2D eigenvalue weighted by Crippen LogP contribution is 2.37. The van der Waals surface area contributed by atoms with Crippen LogP contribution in [0.15, 0.2) is 47.4 Å². The van der Waals surface area contributed by atoms with Crippen LogP contribution in [-0.2, 0) is 32.2 Å². The number of hydrogen-bond donors (Lipinski definition) is 2. The van der Waals surface area contributed by atoms with Gasteiger partial charge in [-0.3, -0.25) is 9.59 Å². The molecule has 12 heteroatoms. The Labute approximate surface area is 181 Å². The van der Waals surface area contributed by atoms with Crippen LogP contribution in [0.1, 0.15) is 17.5 Å². The van der Waals surface area contributed by atoms with Crippen LogP contribution in [0.2, 0.25) is 5.02 Å². The number of benzene rings is 2. The van der Waals surface area contributed by atoms with Gasteiger partial charge in [0.1, 0.15) is 0 Å². The molecule has 1 fully saturated rings. The van der Waals surface area contributed by atoms with Gasteiger partial charge < -0.3 is 5.32 Å². The fraction of sp³-hybridized carbons (Fsp3) is 0.263. The number of sulfonamides is 1. The lowest BCUT2D eigenvalue weighted by molar-refractivity contribution is -0.137. The number of primary sulfonamides is 1. The van der Waals surface area contributed by atoms with Gasteiger partial charge in [0.15, 0.2) is 0 Å². The lowest BCUT2D eigenvalue weighted by Gasteiger charge is -2.18. The highest BCUT2D eigenvalue weighted by atomic mass is 35.5. The number of nitrogens with zero attached hydrogens (tertiary/aromatic N) is 1. The van der Waals surface area contributed by atoms with Gasteiger partial charge in [-0.15, -0.1) is 0 Å². The maximum atomic E-state index is 13.1. The van der Waals surface area contributed by atoms with Crippen LogP contribution in [0.25, 0.3) is 0 Å². The molecule has 0 saturated carbocycles. The summed E-state index contributed by atoms with van der Waals surface area (Å²) in [5.74, 6) is -1.29. The monoisotopic (exact) mass is 475 g/mol. The van der Waals surface area contributed by atoms with Crippen molar-refractivity contribution < 1.29 is 31.2 Å². The number of hydrogen-bond acceptors (Lipinski definition) is 5. The van der Waals surface area contributed by atoms with Crippen LogP contribution in [0.3, 0.4) is 0 Å². The van der Waals surface area contributed by atoms with E-state index < -0.39 is 44.6 Å². The van der Waals surface area contributed by atoms with E-state index in [1.807, 2.05) is 0 Å². The van der Waals surface area contributed by atoms with Gasteiger partial charge in [0.25, 0.3) is 5.91 Å². The van der Waals surface area contributed by atoms with Crippen molar-refractivity contribution in [2.75, 3.05) is 11.4 Å². The third kappa shape index (κ3) is 5.24. The molecule has 3 rings (SSSR count). The Morgan fingerprint density at radius 3 is 2.35 bits per heavy atom. The van der Waals surface area contributed by atoms with E-state index in [-0.39, 0.29) is 23.5 Å². The number of carbonyl (C=O) groups excluding carboxylic acids is 2. The summed E-state index contributed by atoms with van der Waals surface area (Å²) in [5, 5.41) is 7.42. The summed E-state index contributed by atoms with van der Waals surface area (Å²) in [6, 6.07) is 7.82. The van der Waals surface area contributed by atoms with Crippen molar-refractivity contribution in [3.05, 3.63) is 58.6 Å². The molecule has 0 radical (unpaired) electrons. The zero-order valence-corrected chi connectivity index (χ0v) is 17.4. The molecule has 2 aromatic carbocycles. The van der Waals surface area contributed by atoms with Crippen molar-refractivity contribution in [2.45, 2.75) is 30.0 Å². The first-order valence-corrected chi connectivity index (χ1v) is 10.9. The second kappa shape index (κ2) is 8.58. The van der Waals surface area contributed by atoms with E-state index in [4.69, 9.17) is 16.7 Å². The Balaban J connectivity index is 1.66. The Hall–Kier alpha value is -2.47. The maximum Gasteiger partial charge on any atom is 0.417 e. The van der Waals surface area contributed by atoms with Crippen molar-refractivity contribution >= 4 is 39.1 Å². The number of nitrogens with two attached hydrogens (primary N) is 1. The molecule has 1 atom stereocenters. The van der Waals surface area contributed by atoms with E-state index in [1.165, 1.54) is 18.2 Å². The molecule has 2 amide bonds. The molecular formula is C19H17ClF3N3O4S. The Morgan fingerprint density at radius 2 is 1.77 bits per heavy atom. The van der Waals surface area contributed by atoms with Crippen LogP contribution in [-0.4, -0.2) is 32.8 Å². The van der Waals surface area contributed by atoms with E-state index in [1.54, 1.807) is 12.1 Å². The van der Waals surface area contributed by atoms with Gasteiger partial charge in [-0.1, -0.05) is 23.7 Å². The molecule has 166 valence electrons. The summed E-state index contributed by atoms with van der Waals surface area (Å²) < 4.78 is 61.8. The van der Waals surface area contributed by atoms with Gasteiger partial charge in [-0.25, -0.2) is 18.5 Å². The van der Waals surface area contributed by atoms with Gasteiger partial charge in [0.2, 0.25) is 15.9 Å². The summed E-state index contributed by atoms with van der Waals surface area (Å²) in [6.45, 7) is 0.278. The highest BCUT2D eigenvalue weighted by molar-refractivity contribution is 7.89. The molecular weight excluding hydrogens is 459 g/mol. The molecule has 1 heterocycles. The van der Waals surface area contributed by atoms with Crippen LogP contribution in [0.4, 0.5) is 18.9 Å². The maximum absolute atomic E-state index is 13.1. The van der Waals surface area contributed by atoms with Gasteiger partial charge >= 0.3 is 6.18 Å².